The molecule has 0 heterocycles. The van der Waals surface area contributed by atoms with Gasteiger partial charge in [0.2, 0.25) is 0 Å². The van der Waals surface area contributed by atoms with Gasteiger partial charge in [0.25, 0.3) is 0 Å². The second-order valence-corrected chi connectivity index (χ2v) is 5.45. The molecule has 0 aliphatic carbocycles. The molecule has 0 saturated carbocycles. The van der Waals surface area contributed by atoms with Crippen LogP contribution < -0.4 is 0 Å². The molecule has 0 spiro atoms. The maximum absolute atomic E-state index is 12.3. The third-order valence-corrected chi connectivity index (χ3v) is 3.75. The molecule has 0 aliphatic rings. The van der Waals surface area contributed by atoms with Gasteiger partial charge in [0.05, 0.1) is 12.6 Å². The number of hydrogen-bond donors (Lipinski definition) is 0. The fourth-order valence-corrected chi connectivity index (χ4v) is 2.36. The Morgan fingerprint density at radius 3 is 2.50 bits per heavy atom. The number of rotatable bonds is 10. The summed E-state index contributed by atoms with van der Waals surface area (Å²) in [4.78, 5) is 14.2. The standard InChI is InChI=1S/C18H29NO3/c1-4-5-6-10-13-19(18(20)22-15-14-21-3)16(2)17-11-8-7-9-12-17/h7-9,11-12,16H,4-6,10,13-15H2,1-3H3. The molecule has 1 rings (SSSR count). The fourth-order valence-electron chi connectivity index (χ4n) is 2.36. The zero-order valence-corrected chi connectivity index (χ0v) is 14.1. The van der Waals surface area contributed by atoms with Gasteiger partial charge >= 0.3 is 6.09 Å². The summed E-state index contributed by atoms with van der Waals surface area (Å²) < 4.78 is 10.2. The Balaban J connectivity index is 2.65. The molecule has 1 aromatic carbocycles. The lowest BCUT2D eigenvalue weighted by Crippen LogP contribution is -2.35. The number of carbonyl (C=O) groups excluding carboxylic acids is 1. The van der Waals surface area contributed by atoms with Crippen LogP contribution in [0.1, 0.15) is 51.1 Å². The van der Waals surface area contributed by atoms with Gasteiger partial charge < -0.3 is 14.4 Å². The highest BCUT2D eigenvalue weighted by Gasteiger charge is 2.22. The molecule has 4 heteroatoms. The molecule has 0 aromatic heterocycles. The average Bonchev–Trinajstić information content (AvgIpc) is 2.55. The van der Waals surface area contributed by atoms with Crippen LogP contribution >= 0.6 is 0 Å². The molecule has 0 bridgehead atoms. The molecule has 4 nitrogen and oxygen atoms in total. The number of ether oxygens (including phenoxy) is 2. The summed E-state index contributed by atoms with van der Waals surface area (Å²) in [6, 6.07) is 10.1. The lowest BCUT2D eigenvalue weighted by molar-refractivity contribution is 0.0622. The van der Waals surface area contributed by atoms with E-state index in [9.17, 15) is 4.79 Å². The Kier molecular flexibility index (Phi) is 9.31. The molecule has 1 atom stereocenters. The van der Waals surface area contributed by atoms with Crippen LogP contribution in [0.25, 0.3) is 0 Å². The minimum absolute atomic E-state index is 0.0119. The van der Waals surface area contributed by atoms with Gasteiger partial charge in [-0.05, 0) is 18.9 Å². The second kappa shape index (κ2) is 11.1. The van der Waals surface area contributed by atoms with E-state index >= 15 is 0 Å². The van der Waals surface area contributed by atoms with Crippen molar-refractivity contribution in [2.45, 2.75) is 45.6 Å². The quantitative estimate of drug-likeness (QED) is 0.601. The third-order valence-electron chi connectivity index (χ3n) is 3.75. The number of unbranched alkanes of at least 4 members (excludes halogenated alkanes) is 3. The normalized spacial score (nSPS) is 12.0. The molecule has 0 fully saturated rings. The lowest BCUT2D eigenvalue weighted by atomic mass is 10.1. The first kappa shape index (κ1) is 18.5. The van der Waals surface area contributed by atoms with E-state index in [0.29, 0.717) is 13.2 Å². The predicted octanol–water partition coefficient (Wildman–Crippen LogP) is 4.41. The molecule has 124 valence electrons. The van der Waals surface area contributed by atoms with E-state index in [1.807, 2.05) is 42.2 Å². The number of hydrogen-bond acceptors (Lipinski definition) is 3. The molecule has 0 N–H and O–H groups in total. The number of carbonyl (C=O) groups is 1. The Morgan fingerprint density at radius 2 is 1.86 bits per heavy atom. The molecule has 1 aromatic rings. The first-order chi connectivity index (χ1) is 10.7. The second-order valence-electron chi connectivity index (χ2n) is 5.45. The summed E-state index contributed by atoms with van der Waals surface area (Å²) in [7, 11) is 1.60. The van der Waals surface area contributed by atoms with Crippen molar-refractivity contribution in [2.75, 3.05) is 26.9 Å². The van der Waals surface area contributed by atoms with Crippen LogP contribution in [0.4, 0.5) is 4.79 Å². The van der Waals surface area contributed by atoms with Crippen molar-refractivity contribution < 1.29 is 14.3 Å². The van der Waals surface area contributed by atoms with E-state index in [2.05, 4.69) is 6.92 Å². The highest BCUT2D eigenvalue weighted by Crippen LogP contribution is 2.21. The van der Waals surface area contributed by atoms with Crippen LogP contribution in [0.5, 0.6) is 0 Å². The summed E-state index contributed by atoms with van der Waals surface area (Å²) in [6.45, 7) is 5.68. The van der Waals surface area contributed by atoms with Crippen LogP contribution in [0.2, 0.25) is 0 Å². The van der Waals surface area contributed by atoms with Gasteiger partial charge in [-0.25, -0.2) is 4.79 Å². The highest BCUT2D eigenvalue weighted by atomic mass is 16.6. The van der Waals surface area contributed by atoms with Crippen LogP contribution in [-0.4, -0.2) is 37.9 Å². The van der Waals surface area contributed by atoms with Gasteiger partial charge in [0.1, 0.15) is 6.61 Å². The van der Waals surface area contributed by atoms with Crippen molar-refractivity contribution in [1.29, 1.82) is 0 Å². The minimum Gasteiger partial charge on any atom is -0.447 e. The van der Waals surface area contributed by atoms with Crippen LogP contribution in [0.3, 0.4) is 0 Å². The van der Waals surface area contributed by atoms with Gasteiger partial charge in [-0.3, -0.25) is 0 Å². The van der Waals surface area contributed by atoms with E-state index in [4.69, 9.17) is 9.47 Å². The van der Waals surface area contributed by atoms with Crippen molar-refractivity contribution in [2.24, 2.45) is 0 Å². The fraction of sp³-hybridized carbons (Fsp3) is 0.611. The highest BCUT2D eigenvalue weighted by molar-refractivity contribution is 5.68. The number of nitrogens with zero attached hydrogens (tertiary/aromatic N) is 1. The molecular weight excluding hydrogens is 278 g/mol. The molecule has 0 saturated heterocycles. The molecule has 22 heavy (non-hydrogen) atoms. The van der Waals surface area contributed by atoms with Crippen molar-refractivity contribution in [3.05, 3.63) is 35.9 Å². The van der Waals surface area contributed by atoms with E-state index in [0.717, 1.165) is 24.9 Å². The third kappa shape index (κ3) is 6.48. The largest absolute Gasteiger partial charge is 0.447 e. The smallest absolute Gasteiger partial charge is 0.410 e. The Bertz CT molecular complexity index is 408. The Labute approximate surface area is 134 Å². The van der Waals surface area contributed by atoms with Crippen molar-refractivity contribution in [3.63, 3.8) is 0 Å². The number of methoxy groups -OCH3 is 1. The van der Waals surface area contributed by atoms with E-state index < -0.39 is 0 Å². The average molecular weight is 307 g/mol. The van der Waals surface area contributed by atoms with Crippen LogP contribution in [-0.2, 0) is 9.47 Å². The van der Waals surface area contributed by atoms with E-state index in [1.165, 1.54) is 12.8 Å². The van der Waals surface area contributed by atoms with Gasteiger partial charge in [-0.1, -0.05) is 56.5 Å². The summed E-state index contributed by atoms with van der Waals surface area (Å²) >= 11 is 0. The monoisotopic (exact) mass is 307 g/mol. The first-order valence-electron chi connectivity index (χ1n) is 8.18. The van der Waals surface area contributed by atoms with E-state index in [1.54, 1.807) is 7.11 Å². The SMILES string of the molecule is CCCCCCN(C(=O)OCCOC)C(C)c1ccccc1. The minimum atomic E-state index is -0.259. The first-order valence-corrected chi connectivity index (χ1v) is 8.18. The van der Waals surface area contributed by atoms with Crippen LogP contribution in [0, 0.1) is 0 Å². The summed E-state index contributed by atoms with van der Waals surface area (Å²) in [6.07, 6.45) is 4.27. The molecular formula is C18H29NO3. The van der Waals surface area contributed by atoms with Gasteiger partial charge in [0, 0.05) is 13.7 Å². The maximum atomic E-state index is 12.3. The van der Waals surface area contributed by atoms with Crippen molar-refractivity contribution in [1.82, 2.24) is 4.90 Å². The summed E-state index contributed by atoms with van der Waals surface area (Å²) in [5.41, 5.74) is 1.13. The van der Waals surface area contributed by atoms with Crippen LogP contribution in [0.15, 0.2) is 30.3 Å². The zero-order valence-electron chi connectivity index (χ0n) is 14.1. The van der Waals surface area contributed by atoms with E-state index in [-0.39, 0.29) is 12.1 Å². The Morgan fingerprint density at radius 1 is 1.14 bits per heavy atom. The van der Waals surface area contributed by atoms with Crippen molar-refractivity contribution >= 4 is 6.09 Å². The van der Waals surface area contributed by atoms with Gasteiger partial charge in [0.15, 0.2) is 0 Å². The van der Waals surface area contributed by atoms with Gasteiger partial charge in [-0.15, -0.1) is 0 Å². The topological polar surface area (TPSA) is 38.8 Å². The lowest BCUT2D eigenvalue weighted by Gasteiger charge is -2.29. The molecule has 0 radical (unpaired) electrons. The molecule has 0 aliphatic heterocycles. The Hall–Kier alpha value is -1.55. The maximum Gasteiger partial charge on any atom is 0.410 e. The summed E-state index contributed by atoms with van der Waals surface area (Å²) in [5, 5.41) is 0. The van der Waals surface area contributed by atoms with Crippen molar-refractivity contribution in [3.8, 4) is 0 Å². The molecule has 1 amide bonds. The zero-order chi connectivity index (χ0) is 16.2. The predicted molar refractivity (Wildman–Crippen MR) is 88.9 cm³/mol. The number of benzene rings is 1. The summed E-state index contributed by atoms with van der Waals surface area (Å²) in [5.74, 6) is 0. The molecule has 1 unspecified atom stereocenters. The van der Waals surface area contributed by atoms with Gasteiger partial charge in [-0.2, -0.15) is 0 Å². The number of amides is 1.